The van der Waals surface area contributed by atoms with Crippen molar-refractivity contribution in [1.82, 2.24) is 147 Å². The lowest BCUT2D eigenvalue weighted by atomic mass is 10.3. The number of nitrogens with one attached hydrogen (secondary N) is 12. The van der Waals surface area contributed by atoms with Crippen LogP contribution < -0.4 is 86.0 Å². The number of nitrogens with zero attached hydrogens (tertiary/aromatic N) is 26. The van der Waals surface area contributed by atoms with Crippen molar-refractivity contribution in [2.45, 2.75) is 88.6 Å². The van der Waals surface area contributed by atoms with E-state index in [1.165, 1.54) is 145 Å². The van der Waals surface area contributed by atoms with Crippen LogP contribution in [0.15, 0.2) is 160 Å². The number of aryl methyl sites for hydroxylation is 3. The van der Waals surface area contributed by atoms with Crippen LogP contribution in [0.3, 0.4) is 0 Å². The zero-order valence-corrected chi connectivity index (χ0v) is 80.2. The third-order valence-corrected chi connectivity index (χ3v) is 23.1. The van der Waals surface area contributed by atoms with Gasteiger partial charge in [0, 0.05) is 156 Å². The van der Waals surface area contributed by atoms with Crippen molar-refractivity contribution in [1.29, 1.82) is 0 Å². The van der Waals surface area contributed by atoms with Gasteiger partial charge in [0.2, 0.25) is 0 Å². The van der Waals surface area contributed by atoms with Gasteiger partial charge in [0.1, 0.15) is 133 Å². The molecule has 16 aromatic rings. The predicted molar refractivity (Wildman–Crippen MR) is 523 cm³/mol. The zero-order valence-electron chi connectivity index (χ0n) is 77.2. The normalized spacial score (nSPS) is 15.7. The summed E-state index contributed by atoms with van der Waals surface area (Å²) in [7, 11) is 14.9. The molecule has 0 radical (unpaired) electrons. The lowest BCUT2D eigenvalue weighted by Crippen LogP contribution is -2.27. The summed E-state index contributed by atoms with van der Waals surface area (Å²) in [5.74, 6) is 2.38. The van der Waals surface area contributed by atoms with Gasteiger partial charge in [-0.3, -0.25) is 70.9 Å². The topological polar surface area (TPSA) is 557 Å². The maximum atomic E-state index is 13.3. The Morgan fingerprint density at radius 1 is 0.385 bits per heavy atom. The van der Waals surface area contributed by atoms with E-state index in [1.807, 2.05) is 6.92 Å². The third-order valence-electron chi connectivity index (χ3n) is 22.3. The van der Waals surface area contributed by atoms with E-state index in [0.717, 1.165) is 18.5 Å². The third kappa shape index (κ3) is 21.3. The smallest absolute Gasteiger partial charge is 0.280 e. The lowest BCUT2D eigenvalue weighted by molar-refractivity contribution is 0.0814. The van der Waals surface area contributed by atoms with E-state index in [0.29, 0.717) is 80.6 Å². The Morgan fingerprint density at radius 3 is 0.944 bits per heavy atom. The van der Waals surface area contributed by atoms with Gasteiger partial charge in [-0.05, 0) is 57.0 Å². The number of carbonyl (C=O) groups is 6. The Labute approximate surface area is 824 Å². The molecule has 4 aliphatic rings. The molecule has 0 bridgehead atoms. The van der Waals surface area contributed by atoms with Crippen LogP contribution in [-0.4, -0.2) is 261 Å². The van der Waals surface area contributed by atoms with Crippen LogP contribution in [0.2, 0.25) is 20.1 Å². The zero-order chi connectivity index (χ0) is 102. The van der Waals surface area contributed by atoms with Gasteiger partial charge in [-0.2, -0.15) is 43.6 Å². The van der Waals surface area contributed by atoms with E-state index < -0.39 is 71.0 Å². The Bertz CT molecular complexity index is 8000. The predicted octanol–water partition coefficient (Wildman–Crippen LogP) is 7.81. The molecule has 4 fully saturated rings. The van der Waals surface area contributed by atoms with Gasteiger partial charge in [0.05, 0.1) is 87.8 Å². The quantitative estimate of drug-likeness (QED) is 0.0246. The average molecular weight is 2030 g/mol. The number of alkyl halides is 3. The van der Waals surface area contributed by atoms with E-state index in [2.05, 4.69) is 139 Å². The van der Waals surface area contributed by atoms with Crippen molar-refractivity contribution in [3.05, 3.63) is 248 Å². The number of pyridine rings is 4. The Kier molecular flexibility index (Phi) is 27.5. The fourth-order valence-electron chi connectivity index (χ4n) is 14.2. The highest BCUT2D eigenvalue weighted by Crippen LogP contribution is 2.33. The number of aromatic nitrogens is 24. The molecule has 20 rings (SSSR count). The Morgan fingerprint density at radius 2 is 0.685 bits per heavy atom. The Hall–Kier alpha value is -17.1. The fourth-order valence-corrected chi connectivity index (χ4v) is 15.0. The van der Waals surface area contributed by atoms with Crippen LogP contribution in [0.5, 0.6) is 0 Å². The number of hydrogen-bond donors (Lipinski definition) is 12. The molecule has 0 aliphatic heterocycles. The van der Waals surface area contributed by atoms with Crippen LogP contribution in [0.4, 0.5) is 82.5 Å². The van der Waals surface area contributed by atoms with E-state index in [1.54, 1.807) is 118 Å². The summed E-state index contributed by atoms with van der Waals surface area (Å²) in [5.41, 5.74) is 1.66. The van der Waals surface area contributed by atoms with Gasteiger partial charge in [0.15, 0.2) is 40.0 Å². The summed E-state index contributed by atoms with van der Waals surface area (Å²) in [6.45, 7) is 3.59. The minimum absolute atomic E-state index is 0.0652. The van der Waals surface area contributed by atoms with Crippen molar-refractivity contribution in [3.8, 4) is 23.3 Å². The first-order chi connectivity index (χ1) is 68.5. The fraction of sp³-hybridized carbons (Fsp3) is 0.261. The molecule has 0 aromatic carbocycles. The van der Waals surface area contributed by atoms with Crippen molar-refractivity contribution in [2.75, 3.05) is 98.9 Å². The molecule has 12 N–H and O–H groups in total. The largest absolute Gasteiger partial charge is 0.373 e. The van der Waals surface area contributed by atoms with Gasteiger partial charge in [0.25, 0.3) is 57.7 Å². The summed E-state index contributed by atoms with van der Waals surface area (Å²) < 4.78 is 52.3. The van der Waals surface area contributed by atoms with E-state index >= 15 is 0 Å². The molecule has 6 atom stereocenters. The average Bonchev–Trinajstić information content (AvgIpc) is 1.64. The molecule has 4 saturated carbocycles. The monoisotopic (exact) mass is 2030 g/mol. The SMILES string of the molecule is CNc1cc(Nc2cc(Cl)cn(-c3cc(C)n(C)n3)c2=O)nc2c(C(=O)N[C@H]3C[C@H]3F)cnn12.CNc1cc(Nc2cc(Cl)cn(-c3ccnc(C)n3)c2=O)nc2c(C(=O)N[C@H]3C[C@H]3F)cnn12.CNc1cc(Nc2cc(Cl)cn(-c3cnc(C(=O)N(C)C)cn3)c2=O)nc2c(C(=O)NC3CC3)cnn12.CNc1cc(Nc2cc(Cl)cn(-c3cnc(C(=O)N(C)C)cn3)c2=O)nc2c(C(=O)N[C@H]3C[C@H]3F)cnn12. The molecule has 4 aliphatic carbocycles. The van der Waals surface area contributed by atoms with E-state index in [-0.39, 0.29) is 143 Å². The summed E-state index contributed by atoms with van der Waals surface area (Å²) in [4.78, 5) is 173. The second-order valence-corrected chi connectivity index (χ2v) is 34.9. The standard InChI is InChI=1S/C23H22ClFN10O3.C23H23ClN10O3.C21H21ClFN9O2.C21H19ClFN9O2/c1-26-18-6-17(32-20-12(7-29-35(18)20)21(36)31-14-5-13(14)25)30-15-4-11(24)10-34(23(15)38)19-9-27-16(8-28-19)22(37)33(2)3;1-25-18-7-17(31-20-14(8-28-34(18)20)21(35)29-13-4-5-13)30-15-6-12(24)11-33(23(15)37)19-10-26-16(9-27-19)22(36)32(2)3;1-10-4-18(29-30(10)3)31-9-11(22)5-15(21(31)34)26-16-7-17(24-2)32-19(28-16)12(8-25-32)20(33)27-14-6-13(14)23;1-10-25-4-3-17(27-10)31-9-11(22)5-15(21(31)34)28-16-7-18(24-2)32-19(30-16)12(8-26-32)20(33)29-14-6-13(14)23/h4,6-10,13-14,26H,5H2,1-3H3,(H,30,32)(H,31,36);6-11,13,25H,4-5H2,1-3H3,(H,29,35)(H,30,31);4-5,7-9,13-14,24H,6H2,1-3H3,(H,26,28)(H,27,33);3-5,7-9,13-14,24H,6H2,1-2H3,(H,28,30)(H,29,33)/t13-,14+;;2*13-,14+/m1.11/s1. The van der Waals surface area contributed by atoms with Crippen LogP contribution >= 0.6 is 46.4 Å². The Balaban J connectivity index is 0.000000131. The van der Waals surface area contributed by atoms with Crippen molar-refractivity contribution < 1.29 is 41.9 Å². The van der Waals surface area contributed by atoms with Gasteiger partial charge < -0.3 is 73.6 Å². The summed E-state index contributed by atoms with van der Waals surface area (Å²) in [6.07, 6.45) is 17.6. The molecule has 0 saturated heterocycles. The first kappa shape index (κ1) is 97.5. The number of fused-ring (bicyclic) bond motifs is 4. The van der Waals surface area contributed by atoms with Gasteiger partial charge in [-0.1, -0.05) is 46.4 Å². The van der Waals surface area contributed by atoms with E-state index in [4.69, 9.17) is 46.4 Å². The minimum atomic E-state index is -1.06. The number of halogens is 7. The van der Waals surface area contributed by atoms with Crippen LogP contribution in [0.25, 0.3) is 45.9 Å². The highest BCUT2D eigenvalue weighted by atomic mass is 35.5. The van der Waals surface area contributed by atoms with Crippen molar-refractivity contribution >= 4 is 174 Å². The van der Waals surface area contributed by atoms with Crippen LogP contribution in [0.1, 0.15) is 106 Å². The van der Waals surface area contributed by atoms with Gasteiger partial charge in [-0.25, -0.2) is 63.0 Å². The molecule has 736 valence electrons. The highest BCUT2D eigenvalue weighted by molar-refractivity contribution is 6.32. The highest BCUT2D eigenvalue weighted by Gasteiger charge is 2.42. The molecule has 48 nitrogen and oxygen atoms in total. The molecule has 16 heterocycles. The molecule has 55 heteroatoms. The van der Waals surface area contributed by atoms with Crippen LogP contribution in [-0.2, 0) is 7.05 Å². The van der Waals surface area contributed by atoms with Crippen molar-refractivity contribution in [2.24, 2.45) is 7.05 Å². The molecule has 6 amide bonds. The number of hydrogen-bond acceptors (Lipinski definition) is 33. The van der Waals surface area contributed by atoms with Gasteiger partial charge in [-0.15, -0.1) is 0 Å². The molecular weight excluding hydrogens is 1950 g/mol. The second-order valence-electron chi connectivity index (χ2n) is 33.2. The van der Waals surface area contributed by atoms with Crippen LogP contribution in [0, 0.1) is 13.8 Å². The first-order valence-electron chi connectivity index (χ1n) is 43.6. The number of carbonyl (C=O) groups excluding carboxylic acids is 6. The maximum absolute atomic E-state index is 13.3. The summed E-state index contributed by atoms with van der Waals surface area (Å²) in [6, 6.07) is 14.4. The molecular formula is C88H85Cl4F3N38O10. The molecule has 16 aromatic heterocycles. The first-order valence-corrected chi connectivity index (χ1v) is 45.1. The molecule has 143 heavy (non-hydrogen) atoms. The van der Waals surface area contributed by atoms with Crippen molar-refractivity contribution in [3.63, 3.8) is 0 Å². The van der Waals surface area contributed by atoms with Gasteiger partial charge >= 0.3 is 0 Å². The summed E-state index contributed by atoms with van der Waals surface area (Å²) >= 11 is 25.2. The lowest BCUT2D eigenvalue weighted by Gasteiger charge is -2.13. The maximum Gasteiger partial charge on any atom is 0.280 e. The number of amides is 6. The summed E-state index contributed by atoms with van der Waals surface area (Å²) in [5, 5.41) is 57.0. The van der Waals surface area contributed by atoms with E-state index in [9.17, 15) is 61.1 Å². The molecule has 0 unspecified atom stereocenters. The second kappa shape index (κ2) is 40.4. The minimum Gasteiger partial charge on any atom is -0.373 e. The molecule has 0 spiro atoms. The number of anilines is 12. The number of rotatable bonds is 26.